The van der Waals surface area contributed by atoms with Crippen LogP contribution in [0.3, 0.4) is 0 Å². The molecular weight excluding hydrogens is 451 g/mol. The number of ether oxygens (including phenoxy) is 3. The number of rotatable bonds is 4. The van der Waals surface area contributed by atoms with E-state index >= 15 is 0 Å². The van der Waals surface area contributed by atoms with Gasteiger partial charge in [-0.25, -0.2) is 0 Å². The van der Waals surface area contributed by atoms with Gasteiger partial charge in [0.05, 0.1) is 21.3 Å². The van der Waals surface area contributed by atoms with E-state index in [0.29, 0.717) is 0 Å². The summed E-state index contributed by atoms with van der Waals surface area (Å²) in [5, 5.41) is 4.72. The van der Waals surface area contributed by atoms with Crippen LogP contribution in [0.25, 0.3) is 32.7 Å². The molecule has 4 rings (SSSR count). The second kappa shape index (κ2) is 7.27. The van der Waals surface area contributed by atoms with Gasteiger partial charge in [0.25, 0.3) is 0 Å². The van der Waals surface area contributed by atoms with Gasteiger partial charge in [0.2, 0.25) is 0 Å². The van der Waals surface area contributed by atoms with E-state index < -0.39 is 0 Å². The molecule has 0 unspecified atom stereocenters. The summed E-state index contributed by atoms with van der Waals surface area (Å²) in [5.74, 6) is 2.55. The molecule has 0 bridgehead atoms. The van der Waals surface area contributed by atoms with E-state index in [1.165, 1.54) is 25.3 Å². The van der Waals surface area contributed by atoms with E-state index in [-0.39, 0.29) is 0 Å². The number of hydrogen-bond donors (Lipinski definition) is 0. The Bertz CT molecular complexity index is 1130. The molecule has 4 heteroatoms. The lowest BCUT2D eigenvalue weighted by Gasteiger charge is -2.16. The highest BCUT2D eigenvalue weighted by Crippen LogP contribution is 2.42. The molecule has 0 radical (unpaired) electrons. The third-order valence-corrected chi connectivity index (χ3v) is 5.97. The maximum absolute atomic E-state index is 5.50. The van der Waals surface area contributed by atoms with Crippen molar-refractivity contribution in [3.05, 3.63) is 64.2 Å². The van der Waals surface area contributed by atoms with Crippen LogP contribution in [0.5, 0.6) is 17.2 Å². The van der Waals surface area contributed by atoms with Gasteiger partial charge >= 0.3 is 0 Å². The maximum Gasteiger partial charge on any atom is 0.119 e. The zero-order valence-corrected chi connectivity index (χ0v) is 17.5. The predicted molar refractivity (Wildman–Crippen MR) is 119 cm³/mol. The molecular formula is C23H19IO3. The van der Waals surface area contributed by atoms with Gasteiger partial charge in [0.1, 0.15) is 17.2 Å². The molecule has 0 aliphatic heterocycles. The molecule has 0 heterocycles. The summed E-state index contributed by atoms with van der Waals surface area (Å²) in [6.07, 6.45) is 0. The molecule has 0 atom stereocenters. The Morgan fingerprint density at radius 3 is 1.67 bits per heavy atom. The lowest BCUT2D eigenvalue weighted by Crippen LogP contribution is -1.93. The van der Waals surface area contributed by atoms with Crippen molar-refractivity contribution < 1.29 is 14.2 Å². The Morgan fingerprint density at radius 1 is 0.556 bits per heavy atom. The zero-order chi connectivity index (χ0) is 19.0. The van der Waals surface area contributed by atoms with Gasteiger partial charge < -0.3 is 14.2 Å². The van der Waals surface area contributed by atoms with Gasteiger partial charge in [-0.15, -0.1) is 0 Å². The second-order valence-corrected chi connectivity index (χ2v) is 7.32. The summed E-state index contributed by atoms with van der Waals surface area (Å²) in [6, 6.07) is 20.7. The molecule has 4 aromatic carbocycles. The molecule has 0 aromatic heterocycles. The van der Waals surface area contributed by atoms with Crippen molar-refractivity contribution >= 4 is 44.1 Å². The monoisotopic (exact) mass is 470 g/mol. The minimum atomic E-state index is 0.843. The van der Waals surface area contributed by atoms with Crippen LogP contribution in [-0.4, -0.2) is 21.3 Å². The summed E-state index contributed by atoms with van der Waals surface area (Å²) < 4.78 is 17.5. The van der Waals surface area contributed by atoms with Crippen LogP contribution in [0.15, 0.2) is 60.7 Å². The van der Waals surface area contributed by atoms with Crippen LogP contribution in [0, 0.1) is 3.57 Å². The molecule has 4 aromatic rings. The molecule has 0 spiro atoms. The molecule has 0 saturated carbocycles. The third-order valence-electron chi connectivity index (χ3n) is 4.85. The van der Waals surface area contributed by atoms with E-state index in [2.05, 4.69) is 59.0 Å². The standard InChI is InChI=1S/C23H19IO3/c1-25-15-6-4-14(5-7-15)22-21-13-17(27-3)8-10-18(21)20-12-16(26-2)9-11-19(20)23(22)24/h4-13H,1-3H3. The molecule has 0 N–H and O–H groups in total. The fourth-order valence-corrected chi connectivity index (χ4v) is 4.52. The highest BCUT2D eigenvalue weighted by molar-refractivity contribution is 14.1. The topological polar surface area (TPSA) is 27.7 Å². The number of methoxy groups -OCH3 is 3. The third kappa shape index (κ3) is 3.08. The smallest absolute Gasteiger partial charge is 0.119 e. The SMILES string of the molecule is COc1ccc(-c2c(I)c3ccc(OC)cc3c3ccc(OC)cc23)cc1. The van der Waals surface area contributed by atoms with Crippen LogP contribution >= 0.6 is 22.6 Å². The number of benzene rings is 4. The molecule has 136 valence electrons. The minimum Gasteiger partial charge on any atom is -0.497 e. The molecule has 0 aliphatic carbocycles. The fraction of sp³-hybridized carbons (Fsp3) is 0.130. The van der Waals surface area contributed by atoms with Gasteiger partial charge in [-0.05, 0) is 92.2 Å². The second-order valence-electron chi connectivity index (χ2n) is 6.24. The van der Waals surface area contributed by atoms with Crippen LogP contribution in [0.2, 0.25) is 0 Å². The molecule has 0 aliphatic rings. The molecule has 27 heavy (non-hydrogen) atoms. The fourth-order valence-electron chi connectivity index (χ4n) is 3.45. The molecule has 3 nitrogen and oxygen atoms in total. The van der Waals surface area contributed by atoms with Gasteiger partial charge in [-0.3, -0.25) is 0 Å². The Labute approximate surface area is 172 Å². The van der Waals surface area contributed by atoms with Gasteiger partial charge in [-0.2, -0.15) is 0 Å². The Hall–Kier alpha value is -2.47. The molecule has 0 fully saturated rings. The lowest BCUT2D eigenvalue weighted by molar-refractivity contribution is 0.415. The minimum absolute atomic E-state index is 0.843. The van der Waals surface area contributed by atoms with Crippen LogP contribution in [0.4, 0.5) is 0 Å². The van der Waals surface area contributed by atoms with E-state index in [4.69, 9.17) is 14.2 Å². The quantitative estimate of drug-likeness (QED) is 0.259. The van der Waals surface area contributed by atoms with Gasteiger partial charge in [-0.1, -0.05) is 18.2 Å². The largest absolute Gasteiger partial charge is 0.497 e. The highest BCUT2D eigenvalue weighted by atomic mass is 127. The van der Waals surface area contributed by atoms with Gasteiger partial charge in [0, 0.05) is 9.13 Å². The molecule has 0 saturated heterocycles. The average Bonchev–Trinajstić information content (AvgIpc) is 2.73. The number of hydrogen-bond acceptors (Lipinski definition) is 3. The Balaban J connectivity index is 2.12. The van der Waals surface area contributed by atoms with E-state index in [1.54, 1.807) is 21.3 Å². The van der Waals surface area contributed by atoms with Gasteiger partial charge in [0.15, 0.2) is 0 Å². The van der Waals surface area contributed by atoms with E-state index in [9.17, 15) is 0 Å². The first kappa shape index (κ1) is 17.9. The van der Waals surface area contributed by atoms with Crippen molar-refractivity contribution in [1.29, 1.82) is 0 Å². The van der Waals surface area contributed by atoms with Crippen LogP contribution in [0.1, 0.15) is 0 Å². The van der Waals surface area contributed by atoms with E-state index in [0.717, 1.165) is 28.2 Å². The predicted octanol–water partition coefficient (Wildman–Crippen LogP) is 6.29. The summed E-state index contributed by atoms with van der Waals surface area (Å²) in [4.78, 5) is 0. The van der Waals surface area contributed by atoms with Crippen molar-refractivity contribution in [1.82, 2.24) is 0 Å². The van der Waals surface area contributed by atoms with Crippen LogP contribution < -0.4 is 14.2 Å². The maximum atomic E-state index is 5.50. The molecule has 0 amide bonds. The van der Waals surface area contributed by atoms with E-state index in [1.807, 2.05) is 24.3 Å². The summed E-state index contributed by atoms with van der Waals surface area (Å²) in [7, 11) is 5.08. The van der Waals surface area contributed by atoms with Crippen molar-refractivity contribution in [3.8, 4) is 28.4 Å². The van der Waals surface area contributed by atoms with Crippen molar-refractivity contribution in [2.75, 3.05) is 21.3 Å². The Morgan fingerprint density at radius 2 is 1.07 bits per heavy atom. The summed E-state index contributed by atoms with van der Waals surface area (Å²) in [5.41, 5.74) is 2.35. The average molecular weight is 470 g/mol. The van der Waals surface area contributed by atoms with Crippen molar-refractivity contribution in [3.63, 3.8) is 0 Å². The summed E-state index contributed by atoms with van der Waals surface area (Å²) in [6.45, 7) is 0. The normalized spacial score (nSPS) is 11.0. The number of halogens is 1. The number of fused-ring (bicyclic) bond motifs is 3. The van der Waals surface area contributed by atoms with Crippen LogP contribution in [-0.2, 0) is 0 Å². The van der Waals surface area contributed by atoms with Crippen molar-refractivity contribution in [2.45, 2.75) is 0 Å². The lowest BCUT2D eigenvalue weighted by atomic mass is 9.93. The first-order valence-electron chi connectivity index (χ1n) is 8.57. The summed E-state index contributed by atoms with van der Waals surface area (Å²) >= 11 is 2.44. The highest BCUT2D eigenvalue weighted by Gasteiger charge is 2.16. The first-order chi connectivity index (χ1) is 13.2. The Kier molecular flexibility index (Phi) is 4.83. The first-order valence-corrected chi connectivity index (χ1v) is 9.65. The zero-order valence-electron chi connectivity index (χ0n) is 15.4. The van der Waals surface area contributed by atoms with Crippen molar-refractivity contribution in [2.24, 2.45) is 0 Å².